The van der Waals surface area contributed by atoms with Crippen molar-refractivity contribution in [3.63, 3.8) is 0 Å². The Labute approximate surface area is 242 Å². The number of hydrogen-bond donors (Lipinski definition) is 2. The fourth-order valence-electron chi connectivity index (χ4n) is 3.91. The Balaban J connectivity index is 0.000000205. The maximum absolute atomic E-state index is 8.54. The monoisotopic (exact) mass is 602 g/mol. The van der Waals surface area contributed by atoms with Gasteiger partial charge in [-0.25, -0.2) is 4.98 Å². The second-order valence-electron chi connectivity index (χ2n) is 8.38. The van der Waals surface area contributed by atoms with Gasteiger partial charge in [0.1, 0.15) is 13.8 Å². The van der Waals surface area contributed by atoms with E-state index in [1.54, 1.807) is 47.5 Å². The molecule has 3 aliphatic heterocycles. The second-order valence-corrected chi connectivity index (χ2v) is 13.8. The molecule has 3 saturated heterocycles. The molecule has 1 aromatic heterocycles. The summed E-state index contributed by atoms with van der Waals surface area (Å²) in [6.07, 6.45) is 4.14. The fraction of sp³-hybridized carbons (Fsp3) is 0.591. The summed E-state index contributed by atoms with van der Waals surface area (Å²) in [6.45, 7) is 12.0. The van der Waals surface area contributed by atoms with Gasteiger partial charge in [0.2, 0.25) is 6.19 Å². The van der Waals surface area contributed by atoms with Crippen molar-refractivity contribution in [2.45, 2.75) is 57.3 Å². The van der Waals surface area contributed by atoms with E-state index < -0.39 is 0 Å². The SMILES string of the molecule is CC1NC(C)N(CCN2C(=S)SC(C)NC2C)C(=S)S1.N#CN=C1SCCN1Cc1ccc(Cl)nc1. The molecule has 14 heteroatoms. The highest BCUT2D eigenvalue weighted by Crippen LogP contribution is 2.25. The molecule has 2 N–H and O–H groups in total. The molecule has 0 saturated carbocycles. The van der Waals surface area contributed by atoms with Crippen molar-refractivity contribution in [3.05, 3.63) is 29.0 Å². The quantitative estimate of drug-likeness (QED) is 0.286. The molecule has 196 valence electrons. The predicted octanol–water partition coefficient (Wildman–Crippen LogP) is 4.34. The van der Waals surface area contributed by atoms with Crippen LogP contribution in [-0.2, 0) is 6.54 Å². The summed E-state index contributed by atoms with van der Waals surface area (Å²) in [6, 6.07) is 3.70. The van der Waals surface area contributed by atoms with Crippen LogP contribution in [0.1, 0.15) is 33.3 Å². The van der Waals surface area contributed by atoms with E-state index >= 15 is 0 Å². The van der Waals surface area contributed by atoms with Crippen LogP contribution in [0.15, 0.2) is 23.3 Å². The Kier molecular flexibility index (Phi) is 11.8. The highest BCUT2D eigenvalue weighted by atomic mass is 35.5. The number of hydrogen-bond acceptors (Lipinski definition) is 10. The number of thiocarbonyl (C=S) groups is 2. The number of pyridine rings is 1. The standard InChI is InChI=1S/C12H22N4S4.C10H9ClN4S/c1-7-13-9(3)19-11(17)15(7)5-6-16-8(2)14-10(4)20-12(16)18;11-9-2-1-8(5-13-9)6-15-3-4-16-10(15)14-7-12/h7-10,13-14H,5-6H2,1-4H3;1-2,5H,3-4,6H2. The van der Waals surface area contributed by atoms with E-state index in [4.69, 9.17) is 41.3 Å². The third-order valence-corrected chi connectivity index (χ3v) is 9.78. The van der Waals surface area contributed by atoms with Crippen molar-refractivity contribution < 1.29 is 0 Å². The number of nitrogens with one attached hydrogen (secondary N) is 2. The van der Waals surface area contributed by atoms with E-state index in [-0.39, 0.29) is 12.3 Å². The lowest BCUT2D eigenvalue weighted by atomic mass is 10.3. The summed E-state index contributed by atoms with van der Waals surface area (Å²) >= 11 is 21.8. The molecule has 4 heterocycles. The summed E-state index contributed by atoms with van der Waals surface area (Å²) < 4.78 is 1.96. The molecule has 36 heavy (non-hydrogen) atoms. The molecule has 8 nitrogen and oxygen atoms in total. The lowest BCUT2D eigenvalue weighted by Crippen LogP contribution is -2.58. The van der Waals surface area contributed by atoms with Crippen molar-refractivity contribution >= 4 is 85.1 Å². The van der Waals surface area contributed by atoms with Gasteiger partial charge in [-0.1, -0.05) is 77.4 Å². The van der Waals surface area contributed by atoms with Crippen molar-refractivity contribution in [2.24, 2.45) is 4.99 Å². The molecular weight excluding hydrogens is 572 g/mol. The zero-order valence-electron chi connectivity index (χ0n) is 20.7. The van der Waals surface area contributed by atoms with Crippen LogP contribution in [0.3, 0.4) is 0 Å². The van der Waals surface area contributed by atoms with E-state index in [0.717, 1.165) is 51.3 Å². The Hall–Kier alpha value is -0.850. The normalized spacial score (nSPS) is 27.7. The summed E-state index contributed by atoms with van der Waals surface area (Å²) in [7, 11) is 0. The first-order valence-corrected chi connectivity index (χ1v) is 15.5. The second kappa shape index (κ2) is 14.3. The zero-order chi connectivity index (χ0) is 26.2. The van der Waals surface area contributed by atoms with Gasteiger partial charge in [-0.15, -0.1) is 4.99 Å². The van der Waals surface area contributed by atoms with E-state index in [9.17, 15) is 0 Å². The van der Waals surface area contributed by atoms with E-state index in [1.165, 1.54) is 0 Å². The van der Waals surface area contributed by atoms with Gasteiger partial charge >= 0.3 is 0 Å². The zero-order valence-corrected chi connectivity index (χ0v) is 25.5. The molecule has 4 atom stereocenters. The number of aliphatic imine (C=N–C) groups is 1. The van der Waals surface area contributed by atoms with Crippen LogP contribution in [0.4, 0.5) is 0 Å². The highest BCUT2D eigenvalue weighted by Gasteiger charge is 2.30. The molecular formula is C22H31ClN8S5. The minimum atomic E-state index is 0.284. The first-order valence-electron chi connectivity index (χ1n) is 11.6. The van der Waals surface area contributed by atoms with Crippen LogP contribution in [-0.4, -0.2) is 82.0 Å². The largest absolute Gasteiger partial charge is 0.345 e. The molecule has 0 radical (unpaired) electrons. The van der Waals surface area contributed by atoms with Gasteiger partial charge in [0.15, 0.2) is 5.17 Å². The van der Waals surface area contributed by atoms with Crippen LogP contribution >= 0.6 is 71.3 Å². The first kappa shape index (κ1) is 29.7. The number of aromatic nitrogens is 1. The molecule has 4 unspecified atom stereocenters. The average molecular weight is 603 g/mol. The third kappa shape index (κ3) is 8.59. The Bertz CT molecular complexity index is 952. The van der Waals surface area contributed by atoms with Gasteiger partial charge in [0.05, 0.1) is 23.1 Å². The average Bonchev–Trinajstić information content (AvgIpc) is 3.23. The lowest BCUT2D eigenvalue weighted by molar-refractivity contribution is 0.223. The topological polar surface area (TPSA) is 82.8 Å². The number of amidine groups is 1. The predicted molar refractivity (Wildman–Crippen MR) is 163 cm³/mol. The minimum Gasteiger partial charge on any atom is -0.345 e. The third-order valence-electron chi connectivity index (χ3n) is 5.66. The molecule has 0 aromatic carbocycles. The smallest absolute Gasteiger partial charge is 0.208 e. The molecule has 1 aromatic rings. The number of nitriles is 1. The van der Waals surface area contributed by atoms with Gasteiger partial charge in [-0.05, 0) is 39.3 Å². The van der Waals surface area contributed by atoms with E-state index in [2.05, 4.69) is 63.0 Å². The summed E-state index contributed by atoms with van der Waals surface area (Å²) in [5.74, 6) is 0.974. The Morgan fingerprint density at radius 1 is 1.08 bits per heavy atom. The molecule has 0 amide bonds. The summed E-state index contributed by atoms with van der Waals surface area (Å²) in [4.78, 5) is 14.4. The van der Waals surface area contributed by atoms with Gasteiger partial charge in [-0.2, -0.15) is 5.26 Å². The van der Waals surface area contributed by atoms with Gasteiger partial charge in [0, 0.05) is 38.1 Å². The van der Waals surface area contributed by atoms with Crippen LogP contribution in [0, 0.1) is 11.5 Å². The molecule has 4 rings (SSSR count). The molecule has 0 spiro atoms. The van der Waals surface area contributed by atoms with E-state index in [1.807, 2.05) is 12.3 Å². The lowest BCUT2D eigenvalue weighted by Gasteiger charge is -2.43. The van der Waals surface area contributed by atoms with Crippen molar-refractivity contribution in [1.82, 2.24) is 30.3 Å². The summed E-state index contributed by atoms with van der Waals surface area (Å²) in [5, 5.41) is 17.6. The minimum absolute atomic E-state index is 0.284. The number of nitrogens with zero attached hydrogens (tertiary/aromatic N) is 6. The maximum Gasteiger partial charge on any atom is 0.208 e. The van der Waals surface area contributed by atoms with Gasteiger partial charge in [-0.3, -0.25) is 10.6 Å². The van der Waals surface area contributed by atoms with Crippen molar-refractivity contribution in [2.75, 3.05) is 25.4 Å². The Morgan fingerprint density at radius 3 is 2.14 bits per heavy atom. The molecule has 3 fully saturated rings. The molecule has 0 aliphatic carbocycles. The van der Waals surface area contributed by atoms with Crippen LogP contribution in [0.2, 0.25) is 5.15 Å². The van der Waals surface area contributed by atoms with Gasteiger partial charge < -0.3 is 14.7 Å². The molecule has 3 aliphatic rings. The van der Waals surface area contributed by atoms with Crippen LogP contribution in [0.5, 0.6) is 0 Å². The van der Waals surface area contributed by atoms with Crippen molar-refractivity contribution in [1.29, 1.82) is 5.26 Å². The van der Waals surface area contributed by atoms with Gasteiger partial charge in [0.25, 0.3) is 0 Å². The number of rotatable bonds is 5. The number of thioether (sulfide) groups is 3. The fourth-order valence-corrected chi connectivity index (χ4v) is 8.23. The maximum atomic E-state index is 8.54. The highest BCUT2D eigenvalue weighted by molar-refractivity contribution is 8.23. The first-order chi connectivity index (χ1) is 17.2. The summed E-state index contributed by atoms with van der Waals surface area (Å²) in [5.41, 5.74) is 1.07. The number of halogens is 1. The molecule has 0 bridgehead atoms. The van der Waals surface area contributed by atoms with Crippen molar-refractivity contribution in [3.8, 4) is 6.19 Å². The van der Waals surface area contributed by atoms with E-state index in [0.29, 0.717) is 15.9 Å². The Morgan fingerprint density at radius 2 is 1.67 bits per heavy atom. The van der Waals surface area contributed by atoms with Crippen LogP contribution in [0.25, 0.3) is 0 Å². The van der Waals surface area contributed by atoms with Crippen LogP contribution < -0.4 is 10.6 Å².